The van der Waals surface area contributed by atoms with Crippen LogP contribution in [0.4, 0.5) is 0 Å². The molecule has 0 saturated carbocycles. The van der Waals surface area contributed by atoms with Gasteiger partial charge < -0.3 is 5.11 Å². The third-order valence-corrected chi connectivity index (χ3v) is 6.61. The topological polar surface area (TPSA) is 106 Å². The van der Waals surface area contributed by atoms with Gasteiger partial charge in [0.15, 0.2) is 0 Å². The molecule has 1 N–H and O–H groups in total. The number of fused-ring (bicyclic) bond motifs is 2. The van der Waals surface area contributed by atoms with Gasteiger partial charge in [-0.2, -0.15) is 9.40 Å². The number of benzene rings is 1. The highest BCUT2D eigenvalue weighted by Gasteiger charge is 2.32. The summed E-state index contributed by atoms with van der Waals surface area (Å²) in [5, 5.41) is 22.3. The average Bonchev–Trinajstić information content (AvgIpc) is 3.24. The summed E-state index contributed by atoms with van der Waals surface area (Å²) < 4.78 is 31.1. The Hall–Kier alpha value is -2.30. The number of hydrogen-bond donors (Lipinski definition) is 1. The van der Waals surface area contributed by atoms with Gasteiger partial charge in [-0.1, -0.05) is 18.2 Å². The van der Waals surface area contributed by atoms with Crippen molar-refractivity contribution in [2.24, 2.45) is 7.05 Å². The van der Waals surface area contributed by atoms with Crippen molar-refractivity contribution < 1.29 is 13.5 Å². The molecule has 0 bridgehead atoms. The summed E-state index contributed by atoms with van der Waals surface area (Å²) in [5.74, 6) is 0. The minimum absolute atomic E-state index is 0.157. The summed E-state index contributed by atoms with van der Waals surface area (Å²) in [5.41, 5.74) is 2.39. The number of aromatic nitrogens is 5. The molecule has 0 aliphatic carbocycles. The molecule has 0 amide bonds. The highest BCUT2D eigenvalue weighted by molar-refractivity contribution is 7.89. The molecule has 1 unspecified atom stereocenters. The zero-order valence-corrected chi connectivity index (χ0v) is 15.4. The number of aryl methyl sites for hydroxylation is 1. The maximum Gasteiger partial charge on any atom is 0.245 e. The van der Waals surface area contributed by atoms with Crippen molar-refractivity contribution >= 4 is 21.1 Å². The first kappa shape index (κ1) is 17.1. The van der Waals surface area contributed by atoms with Crippen LogP contribution in [0.1, 0.15) is 30.8 Å². The van der Waals surface area contributed by atoms with E-state index in [0.29, 0.717) is 36.2 Å². The second kappa shape index (κ2) is 6.15. The molecule has 10 heteroatoms. The van der Waals surface area contributed by atoms with E-state index in [2.05, 4.69) is 15.4 Å². The van der Waals surface area contributed by atoms with Crippen LogP contribution in [-0.2, 0) is 30.2 Å². The van der Waals surface area contributed by atoms with E-state index < -0.39 is 16.1 Å². The quantitative estimate of drug-likeness (QED) is 0.722. The first-order chi connectivity index (χ1) is 12.4. The van der Waals surface area contributed by atoms with E-state index in [9.17, 15) is 13.5 Å². The fourth-order valence-corrected chi connectivity index (χ4v) is 4.76. The zero-order chi connectivity index (χ0) is 18.5. The standard InChI is InChI=1S/C16H20N6O3S/c1-3-14(23)12-9-11-10-21(7-8-22(11)18-12)26(24,25)15-6-4-5-13-16(15)17-19-20(13)2/h4-6,9,14,23H,3,7-8,10H2,1-2H3. The Labute approximate surface area is 150 Å². The molecule has 26 heavy (non-hydrogen) atoms. The molecular formula is C16H20N6O3S. The summed E-state index contributed by atoms with van der Waals surface area (Å²) in [6, 6.07) is 6.82. The molecule has 2 aromatic heterocycles. The van der Waals surface area contributed by atoms with Gasteiger partial charge in [0.25, 0.3) is 0 Å². The van der Waals surface area contributed by atoms with Crippen molar-refractivity contribution in [3.8, 4) is 0 Å². The van der Waals surface area contributed by atoms with Crippen molar-refractivity contribution in [3.63, 3.8) is 0 Å². The van der Waals surface area contributed by atoms with Crippen LogP contribution in [0.2, 0.25) is 0 Å². The SMILES string of the molecule is CCC(O)c1cc2n(n1)CCN(S(=O)(=O)c1cccc3c1nnn3C)C2. The molecule has 9 nitrogen and oxygen atoms in total. The maximum atomic E-state index is 13.2. The number of aliphatic hydroxyl groups excluding tert-OH is 1. The van der Waals surface area contributed by atoms with Crippen LogP contribution >= 0.6 is 0 Å². The Morgan fingerprint density at radius 1 is 1.31 bits per heavy atom. The molecule has 3 aromatic rings. The van der Waals surface area contributed by atoms with E-state index in [4.69, 9.17) is 0 Å². The summed E-state index contributed by atoms with van der Waals surface area (Å²) in [4.78, 5) is 0.157. The normalized spacial score (nSPS) is 16.7. The largest absolute Gasteiger partial charge is 0.387 e. The van der Waals surface area contributed by atoms with Crippen LogP contribution in [0.3, 0.4) is 0 Å². The molecule has 1 aliphatic heterocycles. The number of hydrogen-bond acceptors (Lipinski definition) is 6. The summed E-state index contributed by atoms with van der Waals surface area (Å²) >= 11 is 0. The van der Waals surface area contributed by atoms with E-state index in [1.165, 1.54) is 4.31 Å². The minimum Gasteiger partial charge on any atom is -0.387 e. The van der Waals surface area contributed by atoms with Gasteiger partial charge in [-0.15, -0.1) is 5.10 Å². The van der Waals surface area contributed by atoms with E-state index >= 15 is 0 Å². The predicted molar refractivity (Wildman–Crippen MR) is 93.6 cm³/mol. The monoisotopic (exact) mass is 376 g/mol. The molecule has 0 saturated heterocycles. The van der Waals surface area contributed by atoms with Crippen molar-refractivity contribution in [3.05, 3.63) is 35.7 Å². The van der Waals surface area contributed by atoms with Crippen molar-refractivity contribution in [1.29, 1.82) is 0 Å². The molecule has 1 atom stereocenters. The van der Waals surface area contributed by atoms with Crippen molar-refractivity contribution in [1.82, 2.24) is 29.1 Å². The van der Waals surface area contributed by atoms with Gasteiger partial charge in [0.05, 0.1) is 36.1 Å². The highest BCUT2D eigenvalue weighted by atomic mass is 32.2. The number of rotatable bonds is 4. The lowest BCUT2D eigenvalue weighted by Crippen LogP contribution is -2.38. The smallest absolute Gasteiger partial charge is 0.245 e. The molecule has 3 heterocycles. The van der Waals surface area contributed by atoms with Gasteiger partial charge in [0, 0.05) is 13.6 Å². The Kier molecular flexibility index (Phi) is 4.05. The van der Waals surface area contributed by atoms with Gasteiger partial charge in [-0.25, -0.2) is 13.1 Å². The maximum absolute atomic E-state index is 13.2. The lowest BCUT2D eigenvalue weighted by Gasteiger charge is -2.26. The van der Waals surface area contributed by atoms with Crippen LogP contribution in [0.15, 0.2) is 29.2 Å². The van der Waals surface area contributed by atoms with Gasteiger partial charge in [-0.05, 0) is 24.6 Å². The first-order valence-corrected chi connectivity index (χ1v) is 9.89. The third-order valence-electron chi connectivity index (χ3n) is 4.73. The van der Waals surface area contributed by atoms with Crippen molar-refractivity contribution in [2.45, 2.75) is 37.4 Å². The Morgan fingerprint density at radius 2 is 2.12 bits per heavy atom. The lowest BCUT2D eigenvalue weighted by molar-refractivity contribution is 0.167. The molecule has 0 spiro atoms. The molecule has 0 fully saturated rings. The lowest BCUT2D eigenvalue weighted by atomic mass is 10.2. The molecule has 138 valence electrons. The van der Waals surface area contributed by atoms with E-state index in [1.54, 1.807) is 40.7 Å². The predicted octanol–water partition coefficient (Wildman–Crippen LogP) is 0.813. The van der Waals surface area contributed by atoms with Crippen LogP contribution in [0, 0.1) is 0 Å². The van der Waals surface area contributed by atoms with Crippen LogP contribution in [-0.4, -0.2) is 49.1 Å². The summed E-state index contributed by atoms with van der Waals surface area (Å²) in [7, 11) is -1.99. The van der Waals surface area contributed by atoms with Crippen LogP contribution in [0.25, 0.3) is 11.0 Å². The molecular weight excluding hydrogens is 356 g/mol. The molecule has 4 rings (SSSR count). The Bertz CT molecular complexity index is 1070. The second-order valence-electron chi connectivity index (χ2n) is 6.38. The van der Waals surface area contributed by atoms with E-state index in [1.807, 2.05) is 6.92 Å². The molecule has 1 aliphatic rings. The minimum atomic E-state index is -3.72. The van der Waals surface area contributed by atoms with Crippen LogP contribution < -0.4 is 0 Å². The summed E-state index contributed by atoms with van der Waals surface area (Å²) in [6.07, 6.45) is -0.0702. The average molecular weight is 376 g/mol. The highest BCUT2D eigenvalue weighted by Crippen LogP contribution is 2.27. The molecule has 1 aromatic carbocycles. The fraction of sp³-hybridized carbons (Fsp3) is 0.438. The van der Waals surface area contributed by atoms with E-state index in [0.717, 1.165) is 5.69 Å². The summed E-state index contributed by atoms with van der Waals surface area (Å²) in [6.45, 7) is 2.85. The van der Waals surface area contributed by atoms with Gasteiger partial charge in [-0.3, -0.25) is 4.68 Å². The fourth-order valence-electron chi connectivity index (χ4n) is 3.22. The first-order valence-electron chi connectivity index (χ1n) is 8.45. The molecule has 0 radical (unpaired) electrons. The number of aliphatic hydroxyl groups is 1. The Balaban J connectivity index is 1.70. The van der Waals surface area contributed by atoms with Crippen molar-refractivity contribution in [2.75, 3.05) is 6.54 Å². The third kappa shape index (κ3) is 2.61. The van der Waals surface area contributed by atoms with E-state index in [-0.39, 0.29) is 11.4 Å². The van der Waals surface area contributed by atoms with Gasteiger partial charge >= 0.3 is 0 Å². The van der Waals surface area contributed by atoms with Gasteiger partial charge in [0.1, 0.15) is 10.4 Å². The van der Waals surface area contributed by atoms with Crippen LogP contribution in [0.5, 0.6) is 0 Å². The zero-order valence-electron chi connectivity index (χ0n) is 14.6. The Morgan fingerprint density at radius 3 is 2.88 bits per heavy atom. The second-order valence-corrected chi connectivity index (χ2v) is 8.29. The number of sulfonamides is 1. The van der Waals surface area contributed by atoms with Gasteiger partial charge in [0.2, 0.25) is 10.0 Å². The number of nitrogens with zero attached hydrogens (tertiary/aromatic N) is 6.